The van der Waals surface area contributed by atoms with Crippen molar-refractivity contribution in [3.8, 4) is 0 Å². The van der Waals surface area contributed by atoms with Crippen LogP contribution in [-0.2, 0) is 6.42 Å². The maximum atomic E-state index is 13.7. The van der Waals surface area contributed by atoms with Crippen molar-refractivity contribution < 1.29 is 4.39 Å². The Hall–Kier alpha value is -1.81. The highest BCUT2D eigenvalue weighted by atomic mass is 19.1. The maximum absolute atomic E-state index is 13.7. The standard InChI is InChI=1S/C17H22FN3/c1-11(10-19-4)17-12(2)20-16(21-13(17)3)9-14-7-5-6-8-15(14)18/h5-8,11,19H,9-10H2,1-4H3. The number of rotatable bonds is 5. The first kappa shape index (κ1) is 15.6. The summed E-state index contributed by atoms with van der Waals surface area (Å²) >= 11 is 0. The molecule has 0 aliphatic heterocycles. The highest BCUT2D eigenvalue weighted by Gasteiger charge is 2.15. The molecule has 3 nitrogen and oxygen atoms in total. The number of aromatic nitrogens is 2. The van der Waals surface area contributed by atoms with Crippen LogP contribution in [-0.4, -0.2) is 23.6 Å². The van der Waals surface area contributed by atoms with Crippen LogP contribution in [0, 0.1) is 19.7 Å². The van der Waals surface area contributed by atoms with Crippen LogP contribution in [0.4, 0.5) is 4.39 Å². The van der Waals surface area contributed by atoms with Gasteiger partial charge in [-0.3, -0.25) is 0 Å². The molecule has 0 saturated heterocycles. The number of hydrogen-bond donors (Lipinski definition) is 1. The average molecular weight is 287 g/mol. The van der Waals surface area contributed by atoms with Gasteiger partial charge in [0.05, 0.1) is 0 Å². The summed E-state index contributed by atoms with van der Waals surface area (Å²) in [5.74, 6) is 0.831. The molecule has 0 aliphatic rings. The third-order valence-electron chi connectivity index (χ3n) is 3.68. The van der Waals surface area contributed by atoms with Crippen LogP contribution >= 0.6 is 0 Å². The van der Waals surface area contributed by atoms with Gasteiger partial charge in [-0.2, -0.15) is 0 Å². The number of benzene rings is 1. The van der Waals surface area contributed by atoms with Gasteiger partial charge in [0.2, 0.25) is 0 Å². The van der Waals surface area contributed by atoms with Crippen molar-refractivity contribution in [3.63, 3.8) is 0 Å². The van der Waals surface area contributed by atoms with Gasteiger partial charge in [0, 0.05) is 24.4 Å². The minimum Gasteiger partial charge on any atom is -0.319 e. The molecule has 0 saturated carbocycles. The number of aryl methyl sites for hydroxylation is 2. The van der Waals surface area contributed by atoms with E-state index in [0.29, 0.717) is 23.7 Å². The lowest BCUT2D eigenvalue weighted by molar-refractivity contribution is 0.611. The number of halogens is 1. The van der Waals surface area contributed by atoms with E-state index in [1.54, 1.807) is 12.1 Å². The molecule has 1 atom stereocenters. The van der Waals surface area contributed by atoms with E-state index in [2.05, 4.69) is 22.2 Å². The zero-order chi connectivity index (χ0) is 15.4. The minimum atomic E-state index is -0.205. The molecule has 21 heavy (non-hydrogen) atoms. The smallest absolute Gasteiger partial charge is 0.133 e. The summed E-state index contributed by atoms with van der Waals surface area (Å²) in [7, 11) is 1.94. The fraction of sp³-hybridized carbons (Fsp3) is 0.412. The third-order valence-corrected chi connectivity index (χ3v) is 3.68. The fourth-order valence-electron chi connectivity index (χ4n) is 2.81. The molecule has 0 spiro atoms. The van der Waals surface area contributed by atoms with Gasteiger partial charge in [-0.15, -0.1) is 0 Å². The lowest BCUT2D eigenvalue weighted by Crippen LogP contribution is -2.18. The highest BCUT2D eigenvalue weighted by molar-refractivity contribution is 5.30. The Balaban J connectivity index is 2.30. The zero-order valence-electron chi connectivity index (χ0n) is 13.1. The molecule has 1 heterocycles. The van der Waals surface area contributed by atoms with Crippen LogP contribution in [0.5, 0.6) is 0 Å². The number of hydrogen-bond acceptors (Lipinski definition) is 3. The first-order valence-electron chi connectivity index (χ1n) is 7.25. The van der Waals surface area contributed by atoms with Crippen LogP contribution < -0.4 is 5.32 Å². The predicted molar refractivity (Wildman–Crippen MR) is 83.1 cm³/mol. The Bertz CT molecular complexity index is 602. The summed E-state index contributed by atoms with van der Waals surface area (Å²) in [6.07, 6.45) is 0.426. The van der Waals surface area contributed by atoms with E-state index in [1.165, 1.54) is 11.6 Å². The zero-order valence-corrected chi connectivity index (χ0v) is 13.1. The van der Waals surface area contributed by atoms with Gasteiger partial charge in [0.15, 0.2) is 0 Å². The van der Waals surface area contributed by atoms with Crippen molar-refractivity contribution in [2.75, 3.05) is 13.6 Å². The van der Waals surface area contributed by atoms with Gasteiger partial charge in [-0.05, 0) is 44.0 Å². The molecule has 0 aliphatic carbocycles. The number of likely N-dealkylation sites (N-methyl/N-ethyl adjacent to an activating group) is 1. The van der Waals surface area contributed by atoms with Crippen molar-refractivity contribution in [2.24, 2.45) is 0 Å². The minimum absolute atomic E-state index is 0.205. The molecule has 1 aromatic heterocycles. The molecule has 0 amide bonds. The molecule has 0 bridgehead atoms. The Labute approximate surface area is 125 Å². The van der Waals surface area contributed by atoms with Gasteiger partial charge >= 0.3 is 0 Å². The second-order valence-electron chi connectivity index (χ2n) is 5.45. The van der Waals surface area contributed by atoms with Crippen molar-refractivity contribution in [2.45, 2.75) is 33.1 Å². The van der Waals surface area contributed by atoms with Gasteiger partial charge in [0.1, 0.15) is 11.6 Å². The number of nitrogens with one attached hydrogen (secondary N) is 1. The van der Waals surface area contributed by atoms with E-state index in [4.69, 9.17) is 0 Å². The fourth-order valence-corrected chi connectivity index (χ4v) is 2.81. The summed E-state index contributed by atoms with van der Waals surface area (Å²) in [5.41, 5.74) is 3.78. The molecular weight excluding hydrogens is 265 g/mol. The Morgan fingerprint density at radius 2 is 1.76 bits per heavy atom. The van der Waals surface area contributed by atoms with E-state index in [9.17, 15) is 4.39 Å². The summed E-state index contributed by atoms with van der Waals surface area (Å²) in [6.45, 7) is 7.05. The van der Waals surface area contributed by atoms with E-state index >= 15 is 0 Å². The largest absolute Gasteiger partial charge is 0.319 e. The van der Waals surface area contributed by atoms with Crippen molar-refractivity contribution >= 4 is 0 Å². The first-order valence-corrected chi connectivity index (χ1v) is 7.25. The monoisotopic (exact) mass is 287 g/mol. The van der Waals surface area contributed by atoms with Crippen molar-refractivity contribution in [3.05, 3.63) is 58.4 Å². The van der Waals surface area contributed by atoms with Gasteiger partial charge in [-0.25, -0.2) is 14.4 Å². The molecule has 112 valence electrons. The third kappa shape index (κ3) is 3.64. The molecule has 0 radical (unpaired) electrons. The Morgan fingerprint density at radius 3 is 2.33 bits per heavy atom. The predicted octanol–water partition coefficient (Wildman–Crippen LogP) is 3.15. The Kier molecular flexibility index (Phi) is 5.02. The molecule has 2 rings (SSSR count). The van der Waals surface area contributed by atoms with Crippen LogP contribution in [0.3, 0.4) is 0 Å². The summed E-state index contributed by atoms with van der Waals surface area (Å²) in [6, 6.07) is 6.78. The maximum Gasteiger partial charge on any atom is 0.133 e. The molecule has 0 fully saturated rings. The van der Waals surface area contributed by atoms with Crippen LogP contribution in [0.25, 0.3) is 0 Å². The van der Waals surface area contributed by atoms with E-state index in [-0.39, 0.29) is 5.82 Å². The summed E-state index contributed by atoms with van der Waals surface area (Å²) in [5, 5.41) is 3.18. The van der Waals surface area contributed by atoms with Crippen LogP contribution in [0.1, 0.15) is 41.2 Å². The van der Waals surface area contributed by atoms with E-state index < -0.39 is 0 Å². The topological polar surface area (TPSA) is 37.8 Å². The molecular formula is C17H22FN3. The van der Waals surface area contributed by atoms with Crippen molar-refractivity contribution in [1.29, 1.82) is 0 Å². The van der Waals surface area contributed by atoms with Crippen LogP contribution in [0.15, 0.2) is 24.3 Å². The quantitative estimate of drug-likeness (QED) is 0.918. The van der Waals surface area contributed by atoms with Crippen molar-refractivity contribution in [1.82, 2.24) is 15.3 Å². The first-order chi connectivity index (χ1) is 10.0. The summed E-state index contributed by atoms with van der Waals surface area (Å²) < 4.78 is 13.7. The highest BCUT2D eigenvalue weighted by Crippen LogP contribution is 2.21. The normalized spacial score (nSPS) is 12.4. The average Bonchev–Trinajstić information content (AvgIpc) is 2.41. The van der Waals surface area contributed by atoms with Crippen LogP contribution in [0.2, 0.25) is 0 Å². The summed E-state index contributed by atoms with van der Waals surface area (Å²) in [4.78, 5) is 9.14. The second-order valence-corrected chi connectivity index (χ2v) is 5.45. The Morgan fingerprint density at radius 1 is 1.14 bits per heavy atom. The molecule has 2 aromatic rings. The number of nitrogens with zero attached hydrogens (tertiary/aromatic N) is 2. The molecule has 4 heteroatoms. The van der Waals surface area contributed by atoms with E-state index in [1.807, 2.05) is 27.0 Å². The molecule has 1 N–H and O–H groups in total. The molecule has 1 aromatic carbocycles. The van der Waals surface area contributed by atoms with Gasteiger partial charge < -0.3 is 5.32 Å². The van der Waals surface area contributed by atoms with Gasteiger partial charge in [0.25, 0.3) is 0 Å². The second kappa shape index (κ2) is 6.76. The van der Waals surface area contributed by atoms with Gasteiger partial charge in [-0.1, -0.05) is 25.1 Å². The lowest BCUT2D eigenvalue weighted by atomic mass is 9.98. The SMILES string of the molecule is CNCC(C)c1c(C)nc(Cc2ccccc2F)nc1C. The van der Waals surface area contributed by atoms with E-state index in [0.717, 1.165) is 17.9 Å². The lowest BCUT2D eigenvalue weighted by Gasteiger charge is -2.17. The molecule has 1 unspecified atom stereocenters.